The van der Waals surface area contributed by atoms with E-state index in [1.807, 2.05) is 0 Å². The number of carbonyl (C=O) groups excluding carboxylic acids is 1. The number of thiol groups is 2. The molecule has 0 spiro atoms. The van der Waals surface area contributed by atoms with E-state index in [4.69, 9.17) is 4.74 Å². The lowest BCUT2D eigenvalue weighted by atomic mass is 10.3. The summed E-state index contributed by atoms with van der Waals surface area (Å²) in [6.07, 6.45) is 2.85. The topological polar surface area (TPSA) is 39.2 Å². The predicted octanol–water partition coefficient (Wildman–Crippen LogP) is 1.47. The maximum atomic E-state index is 11.5. The highest BCUT2D eigenvalue weighted by Gasteiger charge is 2.12. The van der Waals surface area contributed by atoms with Crippen LogP contribution in [0.3, 0.4) is 0 Å². The average Bonchev–Trinajstić information content (AvgIpc) is 2.26. The van der Waals surface area contributed by atoms with E-state index in [-0.39, 0.29) is 12.1 Å². The van der Waals surface area contributed by atoms with Crippen LogP contribution in [0.4, 0.5) is 0 Å². The molecule has 0 saturated heterocycles. The highest BCUT2D eigenvalue weighted by Crippen LogP contribution is 2.05. The second-order valence-corrected chi connectivity index (χ2v) is 3.36. The smallest absolute Gasteiger partial charge is 0.338 e. The number of nitrogens with zero attached hydrogens (tertiary/aromatic N) is 1. The van der Waals surface area contributed by atoms with Gasteiger partial charge >= 0.3 is 5.97 Å². The molecule has 76 valence electrons. The van der Waals surface area contributed by atoms with Crippen molar-refractivity contribution in [2.45, 2.75) is 6.10 Å². The van der Waals surface area contributed by atoms with Gasteiger partial charge in [0.05, 0.1) is 5.56 Å². The van der Waals surface area contributed by atoms with Crippen molar-refractivity contribution in [2.24, 2.45) is 0 Å². The summed E-state index contributed by atoms with van der Waals surface area (Å²) in [7, 11) is 0. The standard InChI is InChI=1S/C9H11NO2S2/c11-9(12-8(5-13)6-14)7-1-3-10-4-2-7/h1-4,8,13-14H,5-6H2. The number of rotatable bonds is 4. The van der Waals surface area contributed by atoms with Crippen LogP contribution in [0.1, 0.15) is 10.4 Å². The lowest BCUT2D eigenvalue weighted by Crippen LogP contribution is -2.21. The van der Waals surface area contributed by atoms with Crippen molar-refractivity contribution in [3.05, 3.63) is 30.1 Å². The normalized spacial score (nSPS) is 10.2. The molecule has 1 heterocycles. The van der Waals surface area contributed by atoms with Crippen molar-refractivity contribution >= 4 is 31.2 Å². The molecule has 0 fully saturated rings. The van der Waals surface area contributed by atoms with Crippen molar-refractivity contribution in [3.8, 4) is 0 Å². The Bertz CT molecular complexity index is 288. The first kappa shape index (κ1) is 11.4. The van der Waals surface area contributed by atoms with Gasteiger partial charge in [-0.1, -0.05) is 0 Å². The first-order chi connectivity index (χ1) is 6.77. The molecule has 1 aromatic heterocycles. The third kappa shape index (κ3) is 3.23. The molecule has 0 aliphatic heterocycles. The second kappa shape index (κ2) is 5.93. The Labute approximate surface area is 93.7 Å². The summed E-state index contributed by atoms with van der Waals surface area (Å²) in [5, 5.41) is 0. The summed E-state index contributed by atoms with van der Waals surface area (Å²) in [5.74, 6) is 0.584. The largest absolute Gasteiger partial charge is 0.457 e. The van der Waals surface area contributed by atoms with Gasteiger partial charge in [-0.25, -0.2) is 4.79 Å². The van der Waals surface area contributed by atoms with Crippen LogP contribution in [0, 0.1) is 0 Å². The Morgan fingerprint density at radius 3 is 2.43 bits per heavy atom. The Hall–Kier alpha value is -0.680. The fraction of sp³-hybridized carbons (Fsp3) is 0.333. The van der Waals surface area contributed by atoms with Crippen molar-refractivity contribution in [2.75, 3.05) is 11.5 Å². The average molecular weight is 229 g/mol. The zero-order chi connectivity index (χ0) is 10.4. The van der Waals surface area contributed by atoms with Crippen LogP contribution < -0.4 is 0 Å². The zero-order valence-corrected chi connectivity index (χ0v) is 9.25. The number of esters is 1. The number of pyridine rings is 1. The van der Waals surface area contributed by atoms with Gasteiger partial charge < -0.3 is 4.74 Å². The van der Waals surface area contributed by atoms with Crippen molar-refractivity contribution < 1.29 is 9.53 Å². The molecule has 0 N–H and O–H groups in total. The molecule has 3 nitrogen and oxygen atoms in total. The Kier molecular flexibility index (Phi) is 4.82. The SMILES string of the molecule is O=C(OC(CS)CS)c1ccncc1. The molecular formula is C9H11NO2S2. The van der Waals surface area contributed by atoms with Crippen LogP contribution in [0.2, 0.25) is 0 Å². The molecule has 1 aromatic rings. The molecule has 1 rings (SSSR count). The first-order valence-corrected chi connectivity index (χ1v) is 5.37. The monoisotopic (exact) mass is 229 g/mol. The summed E-state index contributed by atoms with van der Waals surface area (Å²) in [6, 6.07) is 3.22. The molecule has 0 bridgehead atoms. The van der Waals surface area contributed by atoms with Gasteiger partial charge in [0.25, 0.3) is 0 Å². The quantitative estimate of drug-likeness (QED) is 0.606. The van der Waals surface area contributed by atoms with Gasteiger partial charge in [-0.3, -0.25) is 4.98 Å². The minimum Gasteiger partial charge on any atom is -0.457 e. The third-order valence-corrected chi connectivity index (χ3v) is 2.41. The van der Waals surface area contributed by atoms with Crippen LogP contribution in [0.15, 0.2) is 24.5 Å². The van der Waals surface area contributed by atoms with Crippen molar-refractivity contribution in [1.29, 1.82) is 0 Å². The molecule has 0 amide bonds. The third-order valence-electron chi connectivity index (χ3n) is 1.60. The van der Waals surface area contributed by atoms with Gasteiger partial charge in [-0.15, -0.1) is 0 Å². The molecule has 0 aromatic carbocycles. The molecular weight excluding hydrogens is 218 g/mol. The molecule has 14 heavy (non-hydrogen) atoms. The predicted molar refractivity (Wildman–Crippen MR) is 61.1 cm³/mol. The lowest BCUT2D eigenvalue weighted by molar-refractivity contribution is 0.0395. The van der Waals surface area contributed by atoms with E-state index in [2.05, 4.69) is 30.2 Å². The van der Waals surface area contributed by atoms with E-state index >= 15 is 0 Å². The molecule has 0 aliphatic carbocycles. The number of ether oxygens (including phenoxy) is 1. The molecule has 0 aliphatic rings. The maximum Gasteiger partial charge on any atom is 0.338 e. The highest BCUT2D eigenvalue weighted by molar-refractivity contribution is 7.81. The van der Waals surface area contributed by atoms with E-state index in [9.17, 15) is 4.79 Å². The van der Waals surface area contributed by atoms with Crippen LogP contribution in [0.25, 0.3) is 0 Å². The van der Waals surface area contributed by atoms with Crippen LogP contribution >= 0.6 is 25.3 Å². The molecule has 0 radical (unpaired) electrons. The zero-order valence-electron chi connectivity index (χ0n) is 7.46. The van der Waals surface area contributed by atoms with Gasteiger partial charge in [-0.05, 0) is 12.1 Å². The molecule has 0 unspecified atom stereocenters. The fourth-order valence-electron chi connectivity index (χ4n) is 0.840. The maximum absolute atomic E-state index is 11.5. The van der Waals surface area contributed by atoms with Crippen molar-refractivity contribution in [3.63, 3.8) is 0 Å². The van der Waals surface area contributed by atoms with Gasteiger partial charge in [0.1, 0.15) is 6.10 Å². The fourth-order valence-corrected chi connectivity index (χ4v) is 1.45. The van der Waals surface area contributed by atoms with Gasteiger partial charge in [-0.2, -0.15) is 25.3 Å². The molecule has 0 saturated carbocycles. The summed E-state index contributed by atoms with van der Waals surface area (Å²) in [6.45, 7) is 0. The number of carbonyl (C=O) groups is 1. The summed E-state index contributed by atoms with van der Waals surface area (Å²) >= 11 is 8.09. The Balaban J connectivity index is 2.59. The minimum atomic E-state index is -0.361. The number of hydrogen-bond acceptors (Lipinski definition) is 5. The van der Waals surface area contributed by atoms with Crippen LogP contribution in [0.5, 0.6) is 0 Å². The van der Waals surface area contributed by atoms with Gasteiger partial charge in [0.15, 0.2) is 0 Å². The van der Waals surface area contributed by atoms with Gasteiger partial charge in [0, 0.05) is 23.9 Å². The molecule has 5 heteroatoms. The van der Waals surface area contributed by atoms with E-state index < -0.39 is 0 Å². The van der Waals surface area contributed by atoms with Crippen LogP contribution in [-0.4, -0.2) is 28.6 Å². The highest BCUT2D eigenvalue weighted by atomic mass is 32.1. The van der Waals surface area contributed by atoms with Gasteiger partial charge in [0.2, 0.25) is 0 Å². The lowest BCUT2D eigenvalue weighted by Gasteiger charge is -2.12. The Morgan fingerprint density at radius 2 is 1.93 bits per heavy atom. The summed E-state index contributed by atoms with van der Waals surface area (Å²) < 4.78 is 5.12. The number of hydrogen-bond donors (Lipinski definition) is 2. The van der Waals surface area contributed by atoms with Crippen molar-refractivity contribution in [1.82, 2.24) is 4.98 Å². The van der Waals surface area contributed by atoms with Crippen LogP contribution in [-0.2, 0) is 4.74 Å². The first-order valence-electron chi connectivity index (χ1n) is 4.10. The minimum absolute atomic E-state index is 0.248. The van der Waals surface area contributed by atoms with E-state index in [1.165, 1.54) is 0 Å². The molecule has 0 atom stereocenters. The second-order valence-electron chi connectivity index (χ2n) is 2.63. The summed E-state index contributed by atoms with van der Waals surface area (Å²) in [4.78, 5) is 15.3. The van der Waals surface area contributed by atoms with E-state index in [1.54, 1.807) is 24.5 Å². The van der Waals surface area contributed by atoms with E-state index in [0.717, 1.165) is 0 Å². The van der Waals surface area contributed by atoms with E-state index in [0.29, 0.717) is 17.1 Å². The number of aromatic nitrogens is 1. The summed E-state index contributed by atoms with van der Waals surface area (Å²) in [5.41, 5.74) is 0.494. The Morgan fingerprint density at radius 1 is 1.36 bits per heavy atom.